The van der Waals surface area contributed by atoms with E-state index in [0.29, 0.717) is 18.2 Å². The number of para-hydroxylation sites is 2. The number of rotatable bonds is 5. The third-order valence-corrected chi connectivity index (χ3v) is 5.12. The lowest BCUT2D eigenvalue weighted by Crippen LogP contribution is -2.49. The Morgan fingerprint density at radius 1 is 1.07 bits per heavy atom. The van der Waals surface area contributed by atoms with Gasteiger partial charge in [-0.1, -0.05) is 44.2 Å². The average molecular weight is 369 g/mol. The van der Waals surface area contributed by atoms with E-state index < -0.39 is 0 Å². The van der Waals surface area contributed by atoms with Gasteiger partial charge in [0.2, 0.25) is 5.91 Å². The van der Waals surface area contributed by atoms with Crippen molar-refractivity contribution in [1.82, 2.24) is 4.90 Å². The normalized spacial score (nSPS) is 15.2. The van der Waals surface area contributed by atoms with Crippen molar-refractivity contribution in [3.05, 3.63) is 59.4 Å². The first-order chi connectivity index (χ1) is 13.0. The Balaban J connectivity index is 1.57. The van der Waals surface area contributed by atoms with E-state index in [4.69, 9.17) is 0 Å². The van der Waals surface area contributed by atoms with E-state index in [1.807, 2.05) is 36.1 Å². The third-order valence-electron chi connectivity index (χ3n) is 5.12. The highest BCUT2D eigenvalue weighted by molar-refractivity contribution is 5.94. The van der Waals surface area contributed by atoms with Gasteiger partial charge in [0, 0.05) is 31.9 Å². The molecule has 144 valence electrons. The second-order valence-corrected chi connectivity index (χ2v) is 7.46. The number of carbonyl (C=O) groups is 1. The minimum atomic E-state index is -0.190. The number of aryl methyl sites for hydroxylation is 1. The Bertz CT molecular complexity index is 798. The van der Waals surface area contributed by atoms with Gasteiger partial charge in [-0.25, -0.2) is 4.39 Å². The van der Waals surface area contributed by atoms with E-state index in [0.717, 1.165) is 43.0 Å². The van der Waals surface area contributed by atoms with E-state index in [-0.39, 0.29) is 11.7 Å². The number of nitrogens with zero attached hydrogens (tertiary/aromatic N) is 2. The number of hydrogen-bond acceptors (Lipinski definition) is 3. The summed E-state index contributed by atoms with van der Waals surface area (Å²) in [5.74, 6) is 0.166. The number of halogens is 1. The van der Waals surface area contributed by atoms with Crippen LogP contribution < -0.4 is 10.2 Å². The zero-order valence-corrected chi connectivity index (χ0v) is 16.3. The fraction of sp³-hybridized carbons (Fsp3) is 0.409. The predicted molar refractivity (Wildman–Crippen MR) is 109 cm³/mol. The van der Waals surface area contributed by atoms with Crippen LogP contribution in [0.4, 0.5) is 15.8 Å². The Morgan fingerprint density at radius 3 is 2.44 bits per heavy atom. The molecule has 1 aliphatic heterocycles. The molecule has 1 saturated heterocycles. The van der Waals surface area contributed by atoms with E-state index >= 15 is 0 Å². The molecule has 0 aromatic heterocycles. The maximum atomic E-state index is 13.9. The third kappa shape index (κ3) is 4.66. The molecule has 1 heterocycles. The van der Waals surface area contributed by atoms with Crippen molar-refractivity contribution in [2.45, 2.75) is 26.7 Å². The highest BCUT2D eigenvalue weighted by Gasteiger charge is 2.21. The molecule has 0 aliphatic carbocycles. The molecule has 2 aromatic carbocycles. The van der Waals surface area contributed by atoms with Crippen LogP contribution in [0, 0.1) is 12.7 Å². The number of carbonyl (C=O) groups excluding carboxylic acids is 1. The van der Waals surface area contributed by atoms with Crippen molar-refractivity contribution in [2.75, 3.05) is 42.9 Å². The zero-order valence-electron chi connectivity index (χ0n) is 16.3. The number of amides is 1. The smallest absolute Gasteiger partial charge is 0.238 e. The topological polar surface area (TPSA) is 35.6 Å². The molecule has 1 N–H and O–H groups in total. The number of nitrogens with one attached hydrogen (secondary N) is 1. The fourth-order valence-corrected chi connectivity index (χ4v) is 3.58. The molecule has 27 heavy (non-hydrogen) atoms. The number of piperazine rings is 1. The number of anilines is 2. The van der Waals surface area contributed by atoms with Crippen molar-refractivity contribution < 1.29 is 9.18 Å². The molecule has 1 fully saturated rings. The van der Waals surface area contributed by atoms with Gasteiger partial charge in [0.1, 0.15) is 5.82 Å². The molecular formula is C22H28FN3O. The lowest BCUT2D eigenvalue weighted by molar-refractivity contribution is -0.117. The van der Waals surface area contributed by atoms with Crippen LogP contribution >= 0.6 is 0 Å². The second kappa shape index (κ2) is 8.53. The van der Waals surface area contributed by atoms with Crippen LogP contribution in [0.5, 0.6) is 0 Å². The summed E-state index contributed by atoms with van der Waals surface area (Å²) in [7, 11) is 0. The number of benzene rings is 2. The Morgan fingerprint density at radius 2 is 1.78 bits per heavy atom. The molecule has 1 amide bonds. The van der Waals surface area contributed by atoms with Gasteiger partial charge in [0.15, 0.2) is 0 Å². The lowest BCUT2D eigenvalue weighted by Gasteiger charge is -2.35. The summed E-state index contributed by atoms with van der Waals surface area (Å²) in [4.78, 5) is 16.8. The van der Waals surface area contributed by atoms with Gasteiger partial charge < -0.3 is 10.2 Å². The van der Waals surface area contributed by atoms with E-state index in [2.05, 4.69) is 30.1 Å². The highest BCUT2D eigenvalue weighted by Crippen LogP contribution is 2.27. The van der Waals surface area contributed by atoms with Gasteiger partial charge in [-0.05, 0) is 36.1 Å². The number of hydrogen-bond donors (Lipinski definition) is 1. The standard InChI is InChI=1S/C22H28FN3O/c1-16(2)18-8-6-7-17(3)22(18)24-21(27)15-25-11-13-26(14-12-25)20-10-5-4-9-19(20)23/h4-10,16H,11-15H2,1-3H3,(H,24,27). The van der Waals surface area contributed by atoms with Crippen LogP contribution in [-0.2, 0) is 4.79 Å². The molecule has 5 heteroatoms. The summed E-state index contributed by atoms with van der Waals surface area (Å²) in [6, 6.07) is 13.0. The minimum Gasteiger partial charge on any atom is -0.367 e. The van der Waals surface area contributed by atoms with Crippen LogP contribution in [0.25, 0.3) is 0 Å². The first kappa shape index (κ1) is 19.4. The Labute approximate surface area is 161 Å². The Hall–Kier alpha value is -2.40. The molecule has 1 aliphatic rings. The molecule has 0 radical (unpaired) electrons. The van der Waals surface area contributed by atoms with Crippen LogP contribution in [0.3, 0.4) is 0 Å². The van der Waals surface area contributed by atoms with Gasteiger partial charge in [0.05, 0.1) is 12.2 Å². The van der Waals surface area contributed by atoms with Crippen molar-refractivity contribution in [2.24, 2.45) is 0 Å². The summed E-state index contributed by atoms with van der Waals surface area (Å²) < 4.78 is 13.9. The minimum absolute atomic E-state index is 0.00513. The van der Waals surface area contributed by atoms with Crippen LogP contribution in [0.2, 0.25) is 0 Å². The second-order valence-electron chi connectivity index (χ2n) is 7.46. The maximum Gasteiger partial charge on any atom is 0.238 e. The van der Waals surface area contributed by atoms with E-state index in [1.165, 1.54) is 6.07 Å². The predicted octanol–water partition coefficient (Wildman–Crippen LogP) is 4.02. The van der Waals surface area contributed by atoms with Crippen molar-refractivity contribution in [3.8, 4) is 0 Å². The molecule has 4 nitrogen and oxygen atoms in total. The van der Waals surface area contributed by atoms with Crippen molar-refractivity contribution in [1.29, 1.82) is 0 Å². The SMILES string of the molecule is Cc1cccc(C(C)C)c1NC(=O)CN1CCN(c2ccccc2F)CC1. The Kier molecular flexibility index (Phi) is 6.11. The fourth-order valence-electron chi connectivity index (χ4n) is 3.58. The average Bonchev–Trinajstić information content (AvgIpc) is 2.64. The highest BCUT2D eigenvalue weighted by atomic mass is 19.1. The van der Waals surface area contributed by atoms with Gasteiger partial charge in [0.25, 0.3) is 0 Å². The summed E-state index contributed by atoms with van der Waals surface area (Å²) in [6.45, 7) is 9.56. The first-order valence-corrected chi connectivity index (χ1v) is 9.57. The monoisotopic (exact) mass is 369 g/mol. The summed E-state index contributed by atoms with van der Waals surface area (Å²) in [6.07, 6.45) is 0. The largest absolute Gasteiger partial charge is 0.367 e. The summed E-state index contributed by atoms with van der Waals surface area (Å²) in [5.41, 5.74) is 3.82. The summed E-state index contributed by atoms with van der Waals surface area (Å²) in [5, 5.41) is 3.11. The van der Waals surface area contributed by atoms with E-state index in [9.17, 15) is 9.18 Å². The van der Waals surface area contributed by atoms with Gasteiger partial charge in [-0.2, -0.15) is 0 Å². The van der Waals surface area contributed by atoms with Crippen molar-refractivity contribution in [3.63, 3.8) is 0 Å². The first-order valence-electron chi connectivity index (χ1n) is 9.57. The molecule has 0 bridgehead atoms. The van der Waals surface area contributed by atoms with Gasteiger partial charge in [-0.3, -0.25) is 9.69 Å². The lowest BCUT2D eigenvalue weighted by atomic mass is 9.98. The van der Waals surface area contributed by atoms with Gasteiger partial charge >= 0.3 is 0 Å². The van der Waals surface area contributed by atoms with E-state index in [1.54, 1.807) is 6.07 Å². The molecule has 3 rings (SSSR count). The van der Waals surface area contributed by atoms with Crippen LogP contribution in [-0.4, -0.2) is 43.5 Å². The van der Waals surface area contributed by atoms with Crippen molar-refractivity contribution >= 4 is 17.3 Å². The maximum absolute atomic E-state index is 13.9. The quantitative estimate of drug-likeness (QED) is 0.865. The molecule has 0 atom stereocenters. The molecule has 0 saturated carbocycles. The molecule has 0 spiro atoms. The zero-order chi connectivity index (χ0) is 19.4. The molecule has 0 unspecified atom stereocenters. The van der Waals surface area contributed by atoms with Crippen LogP contribution in [0.15, 0.2) is 42.5 Å². The van der Waals surface area contributed by atoms with Crippen LogP contribution in [0.1, 0.15) is 30.9 Å². The summed E-state index contributed by atoms with van der Waals surface area (Å²) >= 11 is 0. The van der Waals surface area contributed by atoms with Gasteiger partial charge in [-0.15, -0.1) is 0 Å². The molecular weight excluding hydrogens is 341 g/mol. The molecule has 2 aromatic rings.